The van der Waals surface area contributed by atoms with Crippen molar-refractivity contribution in [3.05, 3.63) is 35.2 Å². The van der Waals surface area contributed by atoms with Gasteiger partial charge in [-0.05, 0) is 25.5 Å². The molecule has 1 N–H and O–H groups in total. The van der Waals surface area contributed by atoms with E-state index >= 15 is 0 Å². The Labute approximate surface area is 119 Å². The lowest BCUT2D eigenvalue weighted by molar-refractivity contribution is -0.136. The fourth-order valence-electron chi connectivity index (χ4n) is 2.50. The van der Waals surface area contributed by atoms with Crippen molar-refractivity contribution in [2.24, 2.45) is 0 Å². The smallest absolute Gasteiger partial charge is 0.391 e. The molecule has 0 aromatic heterocycles. The molecule has 1 aromatic rings. The molecule has 0 aliphatic carbocycles. The monoisotopic (exact) mass is 298 g/mol. The van der Waals surface area contributed by atoms with Crippen LogP contribution in [0.2, 0.25) is 0 Å². The van der Waals surface area contributed by atoms with Gasteiger partial charge in [-0.3, -0.25) is 4.79 Å². The van der Waals surface area contributed by atoms with Crippen LogP contribution in [-0.4, -0.2) is 23.2 Å². The van der Waals surface area contributed by atoms with E-state index in [0.29, 0.717) is 6.42 Å². The lowest BCUT2D eigenvalue weighted by Crippen LogP contribution is -2.40. The molecular formula is C14H13F3N2O2. The van der Waals surface area contributed by atoms with Gasteiger partial charge in [-0.2, -0.15) is 13.2 Å². The molecule has 0 saturated carbocycles. The van der Waals surface area contributed by atoms with Crippen molar-refractivity contribution < 1.29 is 23.1 Å². The fraction of sp³-hybridized carbons (Fsp3) is 0.429. The average molecular weight is 298 g/mol. The number of nitrogens with zero attached hydrogens (tertiary/aromatic N) is 2. The summed E-state index contributed by atoms with van der Waals surface area (Å²) in [5.74, 6) is -0.329. The van der Waals surface area contributed by atoms with Crippen molar-refractivity contribution in [3.63, 3.8) is 0 Å². The lowest BCUT2D eigenvalue weighted by Gasteiger charge is -2.27. The van der Waals surface area contributed by atoms with Crippen molar-refractivity contribution in [1.29, 1.82) is 0 Å². The first-order valence-electron chi connectivity index (χ1n) is 6.34. The van der Waals surface area contributed by atoms with Gasteiger partial charge in [0, 0.05) is 12.1 Å². The second kappa shape index (κ2) is 5.37. The number of rotatable bonds is 2. The van der Waals surface area contributed by atoms with Gasteiger partial charge >= 0.3 is 6.18 Å². The van der Waals surface area contributed by atoms with E-state index in [1.807, 2.05) is 0 Å². The number of carbonyl (C=O) groups excluding carboxylic acids is 1. The highest BCUT2D eigenvalue weighted by Gasteiger charge is 2.38. The highest BCUT2D eigenvalue weighted by Crippen LogP contribution is 2.40. The molecule has 0 spiro atoms. The van der Waals surface area contributed by atoms with Gasteiger partial charge in [0.2, 0.25) is 5.91 Å². The molecule has 0 bridgehead atoms. The second-order valence-electron chi connectivity index (χ2n) is 4.92. The zero-order valence-electron chi connectivity index (χ0n) is 11.2. The minimum Gasteiger partial charge on any atom is -0.391 e. The van der Waals surface area contributed by atoms with Crippen molar-refractivity contribution in [1.82, 2.24) is 0 Å². The summed E-state index contributed by atoms with van der Waals surface area (Å²) in [5, 5.41) is 9.67. The van der Waals surface area contributed by atoms with Gasteiger partial charge in [0.05, 0.1) is 24.3 Å². The standard InChI is InChI=1S/C14H13F3N2O2/c1-8(20)12-5-6-13(21)19(12)9-3-4-11(18-2)10(7-9)14(15,16)17/h3-4,7-8,12,20H,5-6H2,1H3/t8-,12+/m0/s1. The molecule has 4 nitrogen and oxygen atoms in total. The Kier molecular flexibility index (Phi) is 3.92. The van der Waals surface area contributed by atoms with Crippen LogP contribution in [0.15, 0.2) is 18.2 Å². The van der Waals surface area contributed by atoms with Crippen LogP contribution in [-0.2, 0) is 11.0 Å². The van der Waals surface area contributed by atoms with E-state index in [-0.39, 0.29) is 18.0 Å². The Morgan fingerprint density at radius 2 is 2.14 bits per heavy atom. The number of aliphatic hydroxyl groups excluding tert-OH is 1. The Bertz CT molecular complexity index is 605. The zero-order chi connectivity index (χ0) is 15.8. The van der Waals surface area contributed by atoms with E-state index in [4.69, 9.17) is 6.57 Å². The maximum Gasteiger partial charge on any atom is 0.407 e. The maximum atomic E-state index is 13.0. The molecule has 112 valence electrons. The van der Waals surface area contributed by atoms with E-state index in [1.165, 1.54) is 17.9 Å². The van der Waals surface area contributed by atoms with Crippen LogP contribution in [0.3, 0.4) is 0 Å². The van der Waals surface area contributed by atoms with E-state index < -0.39 is 29.6 Å². The Hall–Kier alpha value is -2.07. The molecule has 1 aromatic carbocycles. The Morgan fingerprint density at radius 3 is 2.67 bits per heavy atom. The van der Waals surface area contributed by atoms with Gasteiger partial charge in [0.1, 0.15) is 0 Å². The SMILES string of the molecule is [C-]#[N+]c1ccc(N2C(=O)CC[C@@H]2[C@H](C)O)cc1C(F)(F)F. The summed E-state index contributed by atoms with van der Waals surface area (Å²) in [4.78, 5) is 15.9. The van der Waals surface area contributed by atoms with E-state index in [2.05, 4.69) is 4.85 Å². The molecule has 1 saturated heterocycles. The minimum absolute atomic E-state index is 0.0584. The molecule has 1 heterocycles. The van der Waals surface area contributed by atoms with Crippen molar-refractivity contribution >= 4 is 17.3 Å². The Balaban J connectivity index is 2.50. The van der Waals surface area contributed by atoms with Crippen LogP contribution in [0, 0.1) is 6.57 Å². The molecule has 21 heavy (non-hydrogen) atoms. The summed E-state index contributed by atoms with van der Waals surface area (Å²) in [6.07, 6.45) is -4.94. The summed E-state index contributed by atoms with van der Waals surface area (Å²) in [5.41, 5.74) is -1.52. The third-order valence-corrected chi connectivity index (χ3v) is 3.50. The van der Waals surface area contributed by atoms with Crippen LogP contribution in [0.5, 0.6) is 0 Å². The summed E-state index contributed by atoms with van der Waals surface area (Å²) in [6.45, 7) is 8.29. The largest absolute Gasteiger partial charge is 0.407 e. The van der Waals surface area contributed by atoms with Gasteiger partial charge in [0.15, 0.2) is 5.69 Å². The Morgan fingerprint density at radius 1 is 1.48 bits per heavy atom. The van der Waals surface area contributed by atoms with Crippen molar-refractivity contribution in [3.8, 4) is 0 Å². The molecule has 2 rings (SSSR count). The van der Waals surface area contributed by atoms with Gasteiger partial charge < -0.3 is 10.0 Å². The third kappa shape index (κ3) is 2.85. The maximum absolute atomic E-state index is 13.0. The highest BCUT2D eigenvalue weighted by molar-refractivity contribution is 5.96. The first kappa shape index (κ1) is 15.3. The molecule has 7 heteroatoms. The fourth-order valence-corrected chi connectivity index (χ4v) is 2.50. The third-order valence-electron chi connectivity index (χ3n) is 3.50. The second-order valence-corrected chi connectivity index (χ2v) is 4.92. The quantitative estimate of drug-likeness (QED) is 0.853. The predicted molar refractivity (Wildman–Crippen MR) is 69.9 cm³/mol. The molecular weight excluding hydrogens is 285 g/mol. The number of halogens is 3. The molecule has 1 fully saturated rings. The summed E-state index contributed by atoms with van der Waals surface area (Å²) in [6, 6.07) is 2.61. The normalized spacial score (nSPS) is 20.5. The van der Waals surface area contributed by atoms with Crippen LogP contribution < -0.4 is 4.90 Å². The number of benzene rings is 1. The predicted octanol–water partition coefficient (Wildman–Crippen LogP) is 3.13. The zero-order valence-corrected chi connectivity index (χ0v) is 11.2. The van der Waals surface area contributed by atoms with Crippen LogP contribution in [0.1, 0.15) is 25.3 Å². The topological polar surface area (TPSA) is 44.9 Å². The van der Waals surface area contributed by atoms with Crippen LogP contribution in [0.25, 0.3) is 4.85 Å². The molecule has 0 unspecified atom stereocenters. The lowest BCUT2D eigenvalue weighted by atomic mass is 10.1. The first-order chi connectivity index (χ1) is 9.75. The number of alkyl halides is 3. The van der Waals surface area contributed by atoms with E-state index in [1.54, 1.807) is 0 Å². The number of amides is 1. The van der Waals surface area contributed by atoms with E-state index in [9.17, 15) is 23.1 Å². The van der Waals surface area contributed by atoms with Gasteiger partial charge in [0.25, 0.3) is 0 Å². The minimum atomic E-state index is -4.67. The summed E-state index contributed by atoms with van der Waals surface area (Å²) < 4.78 is 38.9. The molecule has 1 amide bonds. The van der Waals surface area contributed by atoms with Crippen molar-refractivity contribution in [2.75, 3.05) is 4.90 Å². The molecule has 1 aliphatic heterocycles. The average Bonchev–Trinajstić information content (AvgIpc) is 2.79. The van der Waals surface area contributed by atoms with Crippen LogP contribution in [0.4, 0.5) is 24.5 Å². The van der Waals surface area contributed by atoms with Gasteiger partial charge in [-0.15, -0.1) is 0 Å². The number of carbonyl (C=O) groups is 1. The number of hydrogen-bond acceptors (Lipinski definition) is 2. The highest BCUT2D eigenvalue weighted by atomic mass is 19.4. The first-order valence-corrected chi connectivity index (χ1v) is 6.34. The van der Waals surface area contributed by atoms with E-state index in [0.717, 1.165) is 12.1 Å². The summed E-state index contributed by atoms with van der Waals surface area (Å²) in [7, 11) is 0. The number of anilines is 1. The van der Waals surface area contributed by atoms with Gasteiger partial charge in [-0.1, -0.05) is 6.07 Å². The molecule has 2 atom stereocenters. The number of hydrogen-bond donors (Lipinski definition) is 1. The summed E-state index contributed by atoms with van der Waals surface area (Å²) >= 11 is 0. The molecule has 1 aliphatic rings. The number of aliphatic hydroxyl groups is 1. The van der Waals surface area contributed by atoms with Crippen molar-refractivity contribution in [2.45, 2.75) is 38.1 Å². The molecule has 0 radical (unpaired) electrons. The van der Waals surface area contributed by atoms with Crippen LogP contribution >= 0.6 is 0 Å². The van der Waals surface area contributed by atoms with Gasteiger partial charge in [-0.25, -0.2) is 4.85 Å².